The standard InChI is InChI=1S/C8H10O2S/c1-2-11-6-8-4-3-7(5-9)10-8/h3-5H,2,6H2,1H3. The van der Waals surface area contributed by atoms with Crippen LogP contribution in [-0.2, 0) is 5.75 Å². The number of rotatable bonds is 4. The van der Waals surface area contributed by atoms with Crippen LogP contribution in [0.15, 0.2) is 16.5 Å². The highest BCUT2D eigenvalue weighted by Crippen LogP contribution is 2.13. The lowest BCUT2D eigenvalue weighted by atomic mass is 10.4. The van der Waals surface area contributed by atoms with Crippen LogP contribution in [0.4, 0.5) is 0 Å². The zero-order chi connectivity index (χ0) is 8.10. The SMILES string of the molecule is CCSCc1ccc(C=O)o1. The number of hydrogen-bond acceptors (Lipinski definition) is 3. The molecular formula is C8H10O2S. The fourth-order valence-electron chi connectivity index (χ4n) is 0.738. The molecule has 1 heterocycles. The summed E-state index contributed by atoms with van der Waals surface area (Å²) in [6, 6.07) is 3.53. The quantitative estimate of drug-likeness (QED) is 0.650. The first-order valence-electron chi connectivity index (χ1n) is 3.48. The van der Waals surface area contributed by atoms with E-state index < -0.39 is 0 Å². The minimum absolute atomic E-state index is 0.414. The van der Waals surface area contributed by atoms with E-state index in [1.54, 1.807) is 17.8 Å². The van der Waals surface area contributed by atoms with Gasteiger partial charge in [0.05, 0.1) is 5.75 Å². The number of furan rings is 1. The van der Waals surface area contributed by atoms with Gasteiger partial charge in [-0.15, -0.1) is 0 Å². The van der Waals surface area contributed by atoms with Gasteiger partial charge in [-0.3, -0.25) is 4.79 Å². The number of carbonyl (C=O) groups is 1. The maximum atomic E-state index is 10.2. The molecule has 0 atom stereocenters. The van der Waals surface area contributed by atoms with Crippen LogP contribution in [0.2, 0.25) is 0 Å². The highest BCUT2D eigenvalue weighted by molar-refractivity contribution is 7.98. The second-order valence-corrected chi connectivity index (χ2v) is 3.33. The van der Waals surface area contributed by atoms with Crippen molar-refractivity contribution >= 4 is 18.0 Å². The molecule has 0 aliphatic carbocycles. The van der Waals surface area contributed by atoms with E-state index in [1.165, 1.54) is 0 Å². The van der Waals surface area contributed by atoms with Gasteiger partial charge in [-0.2, -0.15) is 11.8 Å². The molecule has 1 rings (SSSR count). The second-order valence-electron chi connectivity index (χ2n) is 2.06. The Morgan fingerprint density at radius 3 is 3.00 bits per heavy atom. The average molecular weight is 170 g/mol. The summed E-state index contributed by atoms with van der Waals surface area (Å²) in [5.74, 6) is 3.21. The van der Waals surface area contributed by atoms with Crippen LogP contribution < -0.4 is 0 Å². The first-order valence-corrected chi connectivity index (χ1v) is 4.64. The van der Waals surface area contributed by atoms with Crippen molar-refractivity contribution in [2.75, 3.05) is 5.75 Å². The van der Waals surface area contributed by atoms with Gasteiger partial charge in [-0.25, -0.2) is 0 Å². The van der Waals surface area contributed by atoms with Gasteiger partial charge in [0.25, 0.3) is 0 Å². The monoisotopic (exact) mass is 170 g/mol. The Bertz CT molecular complexity index is 230. The van der Waals surface area contributed by atoms with E-state index in [0.717, 1.165) is 23.6 Å². The molecule has 0 aliphatic rings. The Labute approximate surface area is 70.0 Å². The molecule has 0 spiro atoms. The minimum Gasteiger partial charge on any atom is -0.457 e. The molecule has 0 saturated heterocycles. The third-order valence-electron chi connectivity index (χ3n) is 1.25. The van der Waals surface area contributed by atoms with Crippen LogP contribution in [-0.4, -0.2) is 12.0 Å². The van der Waals surface area contributed by atoms with Crippen molar-refractivity contribution in [1.29, 1.82) is 0 Å². The topological polar surface area (TPSA) is 30.2 Å². The molecule has 0 aliphatic heterocycles. The summed E-state index contributed by atoms with van der Waals surface area (Å²) >= 11 is 1.78. The van der Waals surface area contributed by atoms with Crippen molar-refractivity contribution in [3.63, 3.8) is 0 Å². The summed E-state index contributed by atoms with van der Waals surface area (Å²) in [5, 5.41) is 0. The molecule has 0 radical (unpaired) electrons. The van der Waals surface area contributed by atoms with Gasteiger partial charge in [0.2, 0.25) is 0 Å². The van der Waals surface area contributed by atoms with Crippen molar-refractivity contribution in [1.82, 2.24) is 0 Å². The van der Waals surface area contributed by atoms with Crippen molar-refractivity contribution in [3.05, 3.63) is 23.7 Å². The molecule has 2 nitrogen and oxygen atoms in total. The Kier molecular flexibility index (Phi) is 3.23. The lowest BCUT2D eigenvalue weighted by molar-refractivity contribution is 0.109. The molecule has 11 heavy (non-hydrogen) atoms. The summed E-state index contributed by atoms with van der Waals surface area (Å²) in [6.45, 7) is 2.09. The van der Waals surface area contributed by atoms with E-state index in [-0.39, 0.29) is 0 Å². The molecule has 0 aromatic carbocycles. The first-order chi connectivity index (χ1) is 5.36. The van der Waals surface area contributed by atoms with Gasteiger partial charge >= 0.3 is 0 Å². The fourth-order valence-corrected chi connectivity index (χ4v) is 1.30. The highest BCUT2D eigenvalue weighted by Gasteiger charge is 1.98. The summed E-state index contributed by atoms with van der Waals surface area (Å²) in [6.07, 6.45) is 0.722. The molecule has 0 bridgehead atoms. The Balaban J connectivity index is 2.51. The van der Waals surface area contributed by atoms with Crippen LogP contribution >= 0.6 is 11.8 Å². The normalized spacial score (nSPS) is 9.91. The van der Waals surface area contributed by atoms with E-state index in [2.05, 4.69) is 6.92 Å². The summed E-state index contributed by atoms with van der Waals surface area (Å²) in [4.78, 5) is 10.2. The molecule has 1 aromatic rings. The molecule has 0 N–H and O–H groups in total. The third-order valence-corrected chi connectivity index (χ3v) is 2.14. The third kappa shape index (κ3) is 2.42. The van der Waals surface area contributed by atoms with Gasteiger partial charge in [0.1, 0.15) is 5.76 Å². The van der Waals surface area contributed by atoms with Crippen LogP contribution in [0.25, 0.3) is 0 Å². The van der Waals surface area contributed by atoms with E-state index in [1.807, 2.05) is 6.07 Å². The number of thioether (sulfide) groups is 1. The van der Waals surface area contributed by atoms with Crippen molar-refractivity contribution in [2.45, 2.75) is 12.7 Å². The van der Waals surface area contributed by atoms with Crippen molar-refractivity contribution < 1.29 is 9.21 Å². The number of hydrogen-bond donors (Lipinski definition) is 0. The smallest absolute Gasteiger partial charge is 0.185 e. The largest absolute Gasteiger partial charge is 0.457 e. The number of aldehydes is 1. The molecule has 0 unspecified atom stereocenters. The summed E-state index contributed by atoms with van der Waals surface area (Å²) in [7, 11) is 0. The van der Waals surface area contributed by atoms with Crippen molar-refractivity contribution in [3.8, 4) is 0 Å². The predicted molar refractivity (Wildman–Crippen MR) is 45.9 cm³/mol. The molecule has 0 saturated carbocycles. The van der Waals surface area contributed by atoms with E-state index in [0.29, 0.717) is 5.76 Å². The first kappa shape index (κ1) is 8.40. The Morgan fingerprint density at radius 2 is 2.45 bits per heavy atom. The Hall–Kier alpha value is -0.700. The maximum absolute atomic E-state index is 10.2. The van der Waals surface area contributed by atoms with E-state index in [9.17, 15) is 4.79 Å². The van der Waals surface area contributed by atoms with Crippen LogP contribution in [0.5, 0.6) is 0 Å². The van der Waals surface area contributed by atoms with Gasteiger partial charge in [0, 0.05) is 0 Å². The zero-order valence-corrected chi connectivity index (χ0v) is 7.19. The lowest BCUT2D eigenvalue weighted by Gasteiger charge is -1.91. The van der Waals surface area contributed by atoms with Crippen LogP contribution in [0.1, 0.15) is 23.2 Å². The highest BCUT2D eigenvalue weighted by atomic mass is 32.2. The van der Waals surface area contributed by atoms with Crippen LogP contribution in [0, 0.1) is 0 Å². The van der Waals surface area contributed by atoms with E-state index in [4.69, 9.17) is 4.42 Å². The lowest BCUT2D eigenvalue weighted by Crippen LogP contribution is -1.75. The molecule has 3 heteroatoms. The van der Waals surface area contributed by atoms with Gasteiger partial charge < -0.3 is 4.42 Å². The van der Waals surface area contributed by atoms with Gasteiger partial charge in [0.15, 0.2) is 12.0 Å². The summed E-state index contributed by atoms with van der Waals surface area (Å²) in [5.41, 5.74) is 0. The van der Waals surface area contributed by atoms with Crippen LogP contribution in [0.3, 0.4) is 0 Å². The van der Waals surface area contributed by atoms with Crippen molar-refractivity contribution in [2.24, 2.45) is 0 Å². The molecule has 1 aromatic heterocycles. The fraction of sp³-hybridized carbons (Fsp3) is 0.375. The molecule has 0 amide bonds. The minimum atomic E-state index is 0.414. The zero-order valence-electron chi connectivity index (χ0n) is 6.37. The Morgan fingerprint density at radius 1 is 1.64 bits per heavy atom. The summed E-state index contributed by atoms with van der Waals surface area (Å²) < 4.78 is 5.15. The second kappa shape index (κ2) is 4.23. The van der Waals surface area contributed by atoms with Gasteiger partial charge in [-0.1, -0.05) is 6.92 Å². The molecule has 0 fully saturated rings. The van der Waals surface area contributed by atoms with E-state index >= 15 is 0 Å². The predicted octanol–water partition coefficient (Wildman–Crippen LogP) is 2.35. The number of carbonyl (C=O) groups excluding carboxylic acids is 1. The van der Waals surface area contributed by atoms with Gasteiger partial charge in [-0.05, 0) is 17.9 Å². The molecular weight excluding hydrogens is 160 g/mol. The maximum Gasteiger partial charge on any atom is 0.185 e. The molecule has 60 valence electrons. The average Bonchev–Trinajstić information content (AvgIpc) is 2.48.